The molecule has 2 aromatic carbocycles. The lowest BCUT2D eigenvalue weighted by molar-refractivity contribution is -0.186. The minimum absolute atomic E-state index is 0.236. The summed E-state index contributed by atoms with van der Waals surface area (Å²) in [5.74, 6) is -2.03. The summed E-state index contributed by atoms with van der Waals surface area (Å²) in [4.78, 5) is 6.21. The molecule has 0 saturated heterocycles. The third-order valence-electron chi connectivity index (χ3n) is 6.83. The fraction of sp³-hybridized carbons (Fsp3) is 0.417. The first-order valence-electron chi connectivity index (χ1n) is 12.3. The van der Waals surface area contributed by atoms with Crippen LogP contribution in [0.3, 0.4) is 0 Å². The molecule has 4 atom stereocenters. The van der Waals surface area contributed by atoms with Gasteiger partial charge in [-0.3, -0.25) is 0 Å². The minimum Gasteiger partial charge on any atom is -0.367 e. The van der Waals surface area contributed by atoms with Gasteiger partial charge >= 0.3 is 24.7 Å². The number of thioether (sulfide) groups is 1. The fourth-order valence-corrected chi connectivity index (χ4v) is 6.79. The van der Waals surface area contributed by atoms with Gasteiger partial charge in [0.25, 0.3) is 11.3 Å². The Bertz CT molecular complexity index is 1590. The maximum Gasteiger partial charge on any atom is 0.440 e. The van der Waals surface area contributed by atoms with Crippen molar-refractivity contribution >= 4 is 46.9 Å². The van der Waals surface area contributed by atoms with E-state index in [1.54, 1.807) is 0 Å². The molecule has 2 heterocycles. The summed E-state index contributed by atoms with van der Waals surface area (Å²) in [6, 6.07) is 1.74. The summed E-state index contributed by atoms with van der Waals surface area (Å²) in [5, 5.41) is 3.78. The van der Waals surface area contributed by atoms with E-state index in [1.807, 2.05) is 0 Å². The molecule has 2 aliphatic heterocycles. The van der Waals surface area contributed by atoms with Gasteiger partial charge in [-0.15, -0.1) is 32.2 Å². The molecule has 8 nitrogen and oxygen atoms in total. The Morgan fingerprint density at radius 2 is 0.936 bits per heavy atom. The molecule has 0 amide bonds. The van der Waals surface area contributed by atoms with E-state index in [1.165, 1.54) is 0 Å². The van der Waals surface area contributed by atoms with E-state index in [2.05, 4.69) is 30.4 Å². The van der Waals surface area contributed by atoms with Crippen molar-refractivity contribution in [3.8, 4) is 0 Å². The molecule has 2 aromatic rings. The van der Waals surface area contributed by atoms with E-state index >= 15 is 0 Å². The fourth-order valence-electron chi connectivity index (χ4n) is 4.71. The summed E-state index contributed by atoms with van der Waals surface area (Å²) in [6.45, 7) is 1.88. The molecule has 0 radical (unpaired) electrons. The van der Waals surface area contributed by atoms with E-state index in [9.17, 15) is 52.7 Å². The van der Waals surface area contributed by atoms with Gasteiger partial charge in [0.2, 0.25) is 11.9 Å². The molecule has 47 heavy (non-hydrogen) atoms. The van der Waals surface area contributed by atoms with Crippen molar-refractivity contribution in [2.75, 3.05) is 0 Å². The monoisotopic (exact) mass is 746 g/mol. The Balaban J connectivity index is 1.95. The van der Waals surface area contributed by atoms with E-state index in [-0.39, 0.29) is 12.1 Å². The van der Waals surface area contributed by atoms with Crippen LogP contribution in [0.25, 0.3) is 0 Å². The highest BCUT2D eigenvalue weighted by Crippen LogP contribution is 2.58. The normalized spacial score (nSPS) is 23.2. The van der Waals surface area contributed by atoms with Gasteiger partial charge < -0.3 is 11.5 Å². The number of aliphatic imine (C=N–C) groups is 2. The molecular formula is C24H16Cl2F12N8S. The van der Waals surface area contributed by atoms with Crippen molar-refractivity contribution in [2.45, 2.75) is 60.4 Å². The van der Waals surface area contributed by atoms with Crippen LogP contribution in [0.1, 0.15) is 43.9 Å². The van der Waals surface area contributed by atoms with Crippen LogP contribution in [0.4, 0.5) is 52.7 Å². The molecule has 4 unspecified atom stereocenters. The van der Waals surface area contributed by atoms with Crippen LogP contribution < -0.4 is 11.5 Å². The van der Waals surface area contributed by atoms with Gasteiger partial charge in [0.1, 0.15) is 10.5 Å². The minimum atomic E-state index is -5.61. The van der Waals surface area contributed by atoms with Gasteiger partial charge in [0, 0.05) is 21.2 Å². The highest BCUT2D eigenvalue weighted by atomic mass is 35.5. The van der Waals surface area contributed by atoms with E-state index in [4.69, 9.17) is 34.7 Å². The molecule has 2 aliphatic rings. The number of guanidine groups is 2. The lowest BCUT2D eigenvalue weighted by Crippen LogP contribution is -2.39. The molecule has 0 fully saturated rings. The summed E-state index contributed by atoms with van der Waals surface area (Å²) in [7, 11) is 0. The summed E-state index contributed by atoms with van der Waals surface area (Å²) >= 11 is 11.1. The third kappa shape index (κ3) is 6.44. The number of benzene rings is 2. The molecule has 0 aromatic heterocycles. The summed E-state index contributed by atoms with van der Waals surface area (Å²) < 4.78 is 173. The highest BCUT2D eigenvalue weighted by molar-refractivity contribution is 7.99. The quantitative estimate of drug-likeness (QED) is 0.286. The standard InChI is InChI=1S/C24H16Cl2F12N8S/c1-7-3-13(25)11(19(23(33,34)35)41-17(39)43-45-19)5-9(7)15(21(27,28)29)47-16(22(30,31)32)10-6-12(14(26)4-8(10)2)20(24(36,37)38)42-18(40)44-46-20/h3-6,15-16H,1-2H3,(H2,39,41)(H2,40,42). The van der Waals surface area contributed by atoms with Crippen molar-refractivity contribution in [3.05, 3.63) is 67.7 Å². The Kier molecular flexibility index (Phi) is 9.07. The number of nitrogens with two attached hydrogens (primary N) is 2. The van der Waals surface area contributed by atoms with Crippen LogP contribution in [0, 0.1) is 13.8 Å². The van der Waals surface area contributed by atoms with Crippen molar-refractivity contribution < 1.29 is 52.7 Å². The molecule has 256 valence electrons. The molecule has 0 spiro atoms. The van der Waals surface area contributed by atoms with Crippen LogP contribution in [0.2, 0.25) is 10.0 Å². The lowest BCUT2D eigenvalue weighted by Gasteiger charge is -2.32. The van der Waals surface area contributed by atoms with Crippen molar-refractivity contribution in [1.82, 2.24) is 0 Å². The zero-order valence-corrected chi connectivity index (χ0v) is 25.3. The molecule has 23 heteroatoms. The van der Waals surface area contributed by atoms with Crippen LogP contribution in [-0.2, 0) is 11.3 Å². The second-order valence-corrected chi connectivity index (χ2v) is 12.1. The second kappa shape index (κ2) is 11.7. The van der Waals surface area contributed by atoms with Crippen LogP contribution in [0.5, 0.6) is 0 Å². The highest BCUT2D eigenvalue weighted by Gasteiger charge is 2.62. The Morgan fingerprint density at radius 1 is 0.617 bits per heavy atom. The average Bonchev–Trinajstić information content (AvgIpc) is 3.48. The van der Waals surface area contributed by atoms with Crippen molar-refractivity contribution in [3.63, 3.8) is 0 Å². The number of hydrogen-bond donors (Lipinski definition) is 2. The number of rotatable bonds is 6. The van der Waals surface area contributed by atoms with E-state index < -0.39 is 114 Å². The zero-order chi connectivity index (χ0) is 35.7. The molecule has 0 saturated carbocycles. The topological polar surface area (TPSA) is 126 Å². The maximum absolute atomic E-state index is 14.6. The Hall–Kier alpha value is -3.33. The first kappa shape index (κ1) is 36.5. The van der Waals surface area contributed by atoms with Crippen LogP contribution in [0.15, 0.2) is 54.7 Å². The van der Waals surface area contributed by atoms with E-state index in [0.29, 0.717) is 12.1 Å². The number of alkyl halides is 12. The predicted molar refractivity (Wildman–Crippen MR) is 146 cm³/mol. The SMILES string of the molecule is Cc1cc(Cl)c(C2(C(F)(F)F)N=NC(N)=N2)cc1C(SC(c1cc(C2(C(F)(F)F)N=NC(N)=N2)c(Cl)cc1C)C(F)(F)F)C(F)(F)F. The molecule has 4 rings (SSSR count). The largest absolute Gasteiger partial charge is 0.440 e. The van der Waals surface area contributed by atoms with Gasteiger partial charge in [-0.25, -0.2) is 9.98 Å². The zero-order valence-electron chi connectivity index (χ0n) is 23.0. The molecular weight excluding hydrogens is 731 g/mol. The summed E-state index contributed by atoms with van der Waals surface area (Å²) in [6.07, 6.45) is -22.2. The first-order valence-corrected chi connectivity index (χ1v) is 14.0. The maximum atomic E-state index is 14.6. The van der Waals surface area contributed by atoms with Gasteiger partial charge in [0.05, 0.1) is 0 Å². The number of nitrogens with zero attached hydrogens (tertiary/aromatic N) is 6. The van der Waals surface area contributed by atoms with Crippen molar-refractivity contribution in [2.24, 2.45) is 41.9 Å². The second-order valence-electron chi connectivity index (χ2n) is 10.0. The van der Waals surface area contributed by atoms with Crippen molar-refractivity contribution in [1.29, 1.82) is 0 Å². The smallest absolute Gasteiger partial charge is 0.367 e. The first-order chi connectivity index (χ1) is 21.2. The average molecular weight is 747 g/mol. The van der Waals surface area contributed by atoms with Gasteiger partial charge in [0.15, 0.2) is 0 Å². The number of hydrogen-bond acceptors (Lipinski definition) is 9. The third-order valence-corrected chi connectivity index (χ3v) is 9.04. The van der Waals surface area contributed by atoms with Crippen LogP contribution in [-0.4, -0.2) is 36.6 Å². The Morgan fingerprint density at radius 3 is 1.17 bits per heavy atom. The number of azo groups is 2. The van der Waals surface area contributed by atoms with Gasteiger partial charge in [-0.05, 0) is 60.4 Å². The number of aryl methyl sites for hydroxylation is 2. The lowest BCUT2D eigenvalue weighted by atomic mass is 9.93. The predicted octanol–water partition coefficient (Wildman–Crippen LogP) is 9.24. The molecule has 0 bridgehead atoms. The summed E-state index contributed by atoms with van der Waals surface area (Å²) in [5.41, 5.74) is -2.72. The molecule has 0 aliphatic carbocycles. The van der Waals surface area contributed by atoms with Crippen LogP contribution >= 0.6 is 35.0 Å². The van der Waals surface area contributed by atoms with Gasteiger partial charge in [-0.1, -0.05) is 23.2 Å². The Labute approximate surface area is 269 Å². The van der Waals surface area contributed by atoms with Gasteiger partial charge in [-0.2, -0.15) is 52.7 Å². The number of halogens is 14. The van der Waals surface area contributed by atoms with E-state index in [0.717, 1.165) is 13.8 Å². The molecule has 4 N–H and O–H groups in total.